The van der Waals surface area contributed by atoms with Gasteiger partial charge in [0, 0.05) is 15.7 Å². The van der Waals surface area contributed by atoms with Gasteiger partial charge in [0.25, 0.3) is 0 Å². The predicted octanol–water partition coefficient (Wildman–Crippen LogP) is 3.42. The first kappa shape index (κ1) is 11.1. The van der Waals surface area contributed by atoms with Gasteiger partial charge in [-0.2, -0.15) is 0 Å². The monoisotopic (exact) mass is 231 g/mol. The number of ketones is 1. The molecular weight excluding hydrogens is 218 g/mol. The zero-order valence-corrected chi connectivity index (χ0v) is 10.1. The van der Waals surface area contributed by atoms with Crippen LogP contribution in [0.2, 0.25) is 0 Å². The van der Waals surface area contributed by atoms with Crippen LogP contribution in [-0.4, -0.2) is 16.7 Å². The van der Waals surface area contributed by atoms with E-state index in [2.05, 4.69) is 13.8 Å². The Morgan fingerprint density at radius 1 is 1.25 bits per heavy atom. The summed E-state index contributed by atoms with van der Waals surface area (Å²) in [5.74, 6) is -0.177. The molecule has 3 heteroatoms. The highest BCUT2D eigenvalue weighted by Gasteiger charge is 2.20. The minimum Gasteiger partial charge on any atom is -0.297 e. The Balaban J connectivity index is 2.51. The highest BCUT2D eigenvalue weighted by molar-refractivity contribution is 8.00. The molecule has 2 nitrogen and oxygen atoms in total. The summed E-state index contributed by atoms with van der Waals surface area (Å²) in [5, 5.41) is 7.98. The van der Waals surface area contributed by atoms with Crippen molar-refractivity contribution >= 4 is 29.3 Å². The highest BCUT2D eigenvalue weighted by Crippen LogP contribution is 2.31. The second-order valence-corrected chi connectivity index (χ2v) is 5.58. The first-order valence-electron chi connectivity index (χ1n) is 5.20. The van der Waals surface area contributed by atoms with Gasteiger partial charge in [0.05, 0.1) is 0 Å². The second kappa shape index (κ2) is 4.26. The van der Waals surface area contributed by atoms with Gasteiger partial charge in [0.1, 0.15) is 5.71 Å². The number of hydrogen-bond acceptors (Lipinski definition) is 3. The largest absolute Gasteiger partial charge is 0.297 e. The van der Waals surface area contributed by atoms with E-state index in [1.165, 1.54) is 0 Å². The number of fused-ring (bicyclic) bond motifs is 1. The lowest BCUT2D eigenvalue weighted by Crippen LogP contribution is -2.16. The molecule has 0 spiro atoms. The maximum Gasteiger partial charge on any atom is 0.211 e. The van der Waals surface area contributed by atoms with E-state index >= 15 is 0 Å². The molecule has 0 radical (unpaired) electrons. The number of nitrogens with one attached hydrogen (secondary N) is 1. The van der Waals surface area contributed by atoms with Crippen molar-refractivity contribution in [3.8, 4) is 0 Å². The van der Waals surface area contributed by atoms with E-state index in [0.29, 0.717) is 10.8 Å². The summed E-state index contributed by atoms with van der Waals surface area (Å²) in [6, 6.07) is 5.70. The molecule has 0 bridgehead atoms. The number of allylic oxidation sites excluding steroid dienone is 1. The molecule has 16 heavy (non-hydrogen) atoms. The van der Waals surface area contributed by atoms with Crippen molar-refractivity contribution in [2.45, 2.75) is 24.0 Å². The second-order valence-electron chi connectivity index (χ2n) is 3.96. The summed E-state index contributed by atoms with van der Waals surface area (Å²) >= 11 is 1.74. The van der Waals surface area contributed by atoms with E-state index in [1.807, 2.05) is 18.2 Å². The number of carbonyl (C=O) groups excluding carboxylic acids is 1. The summed E-state index contributed by atoms with van der Waals surface area (Å²) in [6.07, 6.45) is 3.44. The van der Waals surface area contributed by atoms with Crippen LogP contribution in [0.3, 0.4) is 0 Å². The molecule has 1 aliphatic carbocycles. The first-order valence-corrected chi connectivity index (χ1v) is 6.08. The topological polar surface area (TPSA) is 40.9 Å². The van der Waals surface area contributed by atoms with Crippen molar-refractivity contribution < 1.29 is 4.79 Å². The molecule has 82 valence electrons. The van der Waals surface area contributed by atoms with Crippen LogP contribution in [0.25, 0.3) is 6.08 Å². The van der Waals surface area contributed by atoms with Crippen molar-refractivity contribution in [2.75, 3.05) is 0 Å². The van der Waals surface area contributed by atoms with E-state index < -0.39 is 0 Å². The van der Waals surface area contributed by atoms with E-state index in [9.17, 15) is 4.79 Å². The van der Waals surface area contributed by atoms with E-state index in [-0.39, 0.29) is 11.5 Å². The fourth-order valence-corrected chi connectivity index (χ4v) is 2.63. The Morgan fingerprint density at radius 3 is 2.69 bits per heavy atom. The van der Waals surface area contributed by atoms with E-state index in [4.69, 9.17) is 5.41 Å². The van der Waals surface area contributed by atoms with Gasteiger partial charge in [-0.1, -0.05) is 32.1 Å². The SMILES string of the molecule is CC(C)Sc1cccc2c1C=CC(=N)C2=O. The molecule has 0 aliphatic heterocycles. The van der Waals surface area contributed by atoms with Crippen molar-refractivity contribution in [2.24, 2.45) is 0 Å². The third-order valence-electron chi connectivity index (χ3n) is 2.33. The van der Waals surface area contributed by atoms with Crippen molar-refractivity contribution in [1.29, 1.82) is 5.41 Å². The van der Waals surface area contributed by atoms with Gasteiger partial charge in [-0.05, 0) is 17.7 Å². The third kappa shape index (κ3) is 1.95. The van der Waals surface area contributed by atoms with E-state index in [0.717, 1.165) is 10.5 Å². The smallest absolute Gasteiger partial charge is 0.211 e. The Morgan fingerprint density at radius 2 is 2.00 bits per heavy atom. The summed E-state index contributed by atoms with van der Waals surface area (Å²) in [7, 11) is 0. The standard InChI is InChI=1S/C13H13NOS/c1-8(2)16-12-5-3-4-10-9(12)6-7-11(14)13(10)15/h3-8,14H,1-2H3. The molecule has 1 aliphatic rings. The molecule has 0 atom stereocenters. The number of benzene rings is 1. The highest BCUT2D eigenvalue weighted by atomic mass is 32.2. The van der Waals surface area contributed by atoms with Crippen LogP contribution in [0, 0.1) is 5.41 Å². The van der Waals surface area contributed by atoms with Crippen molar-refractivity contribution in [3.63, 3.8) is 0 Å². The molecule has 0 unspecified atom stereocenters. The fraction of sp³-hybridized carbons (Fsp3) is 0.231. The molecule has 0 amide bonds. The summed E-state index contributed by atoms with van der Waals surface area (Å²) < 4.78 is 0. The molecule has 1 aromatic rings. The number of carbonyl (C=O) groups is 1. The van der Waals surface area contributed by atoms with Crippen molar-refractivity contribution in [3.05, 3.63) is 35.4 Å². The molecule has 1 aromatic carbocycles. The summed E-state index contributed by atoms with van der Waals surface area (Å²) in [5.41, 5.74) is 1.68. The zero-order valence-electron chi connectivity index (χ0n) is 9.28. The van der Waals surface area contributed by atoms with Gasteiger partial charge in [0.2, 0.25) is 5.78 Å². The Hall–Kier alpha value is -1.35. The maximum atomic E-state index is 11.8. The molecular formula is C13H13NOS. The fourth-order valence-electron chi connectivity index (χ4n) is 1.66. The molecule has 0 aromatic heterocycles. The minimum absolute atomic E-state index is 0.0687. The normalized spacial score (nSPS) is 14.4. The lowest BCUT2D eigenvalue weighted by molar-refractivity contribution is 0.106. The Kier molecular flexibility index (Phi) is 2.97. The Labute approximate surface area is 99.3 Å². The average Bonchev–Trinajstić information content (AvgIpc) is 2.23. The van der Waals surface area contributed by atoms with Crippen LogP contribution in [0.4, 0.5) is 0 Å². The van der Waals surface area contributed by atoms with Crippen LogP contribution in [0.5, 0.6) is 0 Å². The van der Waals surface area contributed by atoms with Crippen LogP contribution < -0.4 is 0 Å². The molecule has 0 saturated carbocycles. The average molecular weight is 231 g/mol. The molecule has 1 N–H and O–H groups in total. The molecule has 0 fully saturated rings. The maximum absolute atomic E-state index is 11.8. The molecule has 0 saturated heterocycles. The van der Waals surface area contributed by atoms with Gasteiger partial charge in [-0.25, -0.2) is 0 Å². The lowest BCUT2D eigenvalue weighted by Gasteiger charge is -2.15. The summed E-state index contributed by atoms with van der Waals surface area (Å²) in [4.78, 5) is 12.9. The number of thioether (sulfide) groups is 1. The zero-order chi connectivity index (χ0) is 11.7. The lowest BCUT2D eigenvalue weighted by atomic mass is 9.95. The van der Waals surface area contributed by atoms with Crippen molar-refractivity contribution in [1.82, 2.24) is 0 Å². The first-order chi connectivity index (χ1) is 7.59. The van der Waals surface area contributed by atoms with Gasteiger partial charge in [0.15, 0.2) is 0 Å². The third-order valence-corrected chi connectivity index (χ3v) is 3.42. The minimum atomic E-state index is -0.177. The van der Waals surface area contributed by atoms with Crippen LogP contribution in [-0.2, 0) is 0 Å². The number of Topliss-reactive ketones (excluding diaryl/α,β-unsaturated/α-hetero) is 1. The summed E-state index contributed by atoms with van der Waals surface area (Å²) in [6.45, 7) is 4.25. The van der Waals surface area contributed by atoms with Gasteiger partial charge in [-0.15, -0.1) is 11.8 Å². The van der Waals surface area contributed by atoms with Crippen LogP contribution in [0.15, 0.2) is 29.2 Å². The molecule has 0 heterocycles. The van der Waals surface area contributed by atoms with Crippen LogP contribution >= 0.6 is 11.8 Å². The van der Waals surface area contributed by atoms with Gasteiger partial charge in [-0.3, -0.25) is 10.2 Å². The van der Waals surface area contributed by atoms with Gasteiger partial charge >= 0.3 is 0 Å². The Bertz CT molecular complexity index is 489. The van der Waals surface area contributed by atoms with E-state index in [1.54, 1.807) is 23.9 Å². The predicted molar refractivity (Wildman–Crippen MR) is 68.5 cm³/mol. The van der Waals surface area contributed by atoms with Crippen LogP contribution in [0.1, 0.15) is 29.8 Å². The molecule has 2 rings (SSSR count). The number of rotatable bonds is 2. The quantitative estimate of drug-likeness (QED) is 0.792. The number of hydrogen-bond donors (Lipinski definition) is 1. The van der Waals surface area contributed by atoms with Gasteiger partial charge < -0.3 is 0 Å².